The third-order valence-electron chi connectivity index (χ3n) is 9.91. The maximum Gasteiger partial charge on any atom is 0.330 e. The van der Waals surface area contributed by atoms with Gasteiger partial charge >= 0.3 is 5.97 Å². The minimum absolute atomic E-state index is 0.0781. The number of benzene rings is 4. The predicted molar refractivity (Wildman–Crippen MR) is 220 cm³/mol. The number of carbonyl (C=O) groups excluding carboxylic acids is 2. The largest absolute Gasteiger partial charge is 0.497 e. The standard InChI is InChI=1S/C47H53N3O6/c1-6-7-8-9-10-27-56-41-25-17-33(18-26-41)38-30-48-44(49-31-38)36-13-11-32(12-14-36)28-37(29-42(51)34-15-21-39(22-16-34)47(2,3)4)45(52)50-43(46(53)54)35-19-23-40(55-5)24-20-35/h11-26,30-31,37,43H,6-10,27-29H2,1-5H3,(H,50,52)(H,53,54)/t37-,43?/m1/s1. The van der Waals surface area contributed by atoms with E-state index in [9.17, 15) is 19.5 Å². The minimum Gasteiger partial charge on any atom is -0.497 e. The van der Waals surface area contributed by atoms with Crippen molar-refractivity contribution in [3.63, 3.8) is 0 Å². The first-order valence-corrected chi connectivity index (χ1v) is 19.4. The number of aromatic nitrogens is 2. The number of nitrogens with one attached hydrogen (secondary N) is 1. The fourth-order valence-corrected chi connectivity index (χ4v) is 6.44. The molecule has 0 aliphatic carbocycles. The average molecular weight is 756 g/mol. The van der Waals surface area contributed by atoms with Gasteiger partial charge in [-0.3, -0.25) is 9.59 Å². The lowest BCUT2D eigenvalue weighted by atomic mass is 9.85. The topological polar surface area (TPSA) is 128 Å². The van der Waals surface area contributed by atoms with Crippen molar-refractivity contribution in [2.24, 2.45) is 5.92 Å². The Bertz CT molecular complexity index is 2020. The second-order valence-corrected chi connectivity index (χ2v) is 15.2. The molecule has 2 atom stereocenters. The molecule has 0 saturated carbocycles. The van der Waals surface area contributed by atoms with Gasteiger partial charge in [-0.05, 0) is 64.8 Å². The number of carboxylic acids is 1. The molecular formula is C47H53N3O6. The molecule has 4 aromatic carbocycles. The number of ether oxygens (including phenoxy) is 2. The number of Topliss-reactive ketones (excluding diaryl/α,β-unsaturated/α-hetero) is 1. The lowest BCUT2D eigenvalue weighted by Gasteiger charge is -2.21. The van der Waals surface area contributed by atoms with Crippen molar-refractivity contribution in [2.75, 3.05) is 13.7 Å². The number of rotatable bonds is 19. The van der Waals surface area contributed by atoms with Crippen LogP contribution >= 0.6 is 0 Å². The first-order chi connectivity index (χ1) is 26.9. The van der Waals surface area contributed by atoms with E-state index in [1.54, 1.807) is 48.8 Å². The zero-order valence-electron chi connectivity index (χ0n) is 33.1. The number of hydrogen-bond donors (Lipinski definition) is 2. The number of nitrogens with zero attached hydrogens (tertiary/aromatic N) is 2. The molecule has 0 aliphatic heterocycles. The lowest BCUT2D eigenvalue weighted by Crippen LogP contribution is -2.39. The zero-order chi connectivity index (χ0) is 40.1. The molecule has 1 unspecified atom stereocenters. The summed E-state index contributed by atoms with van der Waals surface area (Å²) in [4.78, 5) is 49.1. The lowest BCUT2D eigenvalue weighted by molar-refractivity contribution is -0.142. The van der Waals surface area contributed by atoms with Crippen LogP contribution in [-0.4, -0.2) is 46.5 Å². The van der Waals surface area contributed by atoms with Crippen molar-refractivity contribution in [2.45, 2.75) is 84.1 Å². The molecule has 0 fully saturated rings. The molecule has 1 heterocycles. The van der Waals surface area contributed by atoms with Gasteiger partial charge in [0.15, 0.2) is 17.6 Å². The third-order valence-corrected chi connectivity index (χ3v) is 9.91. The van der Waals surface area contributed by atoms with Crippen LogP contribution in [0.15, 0.2) is 109 Å². The molecule has 2 N–H and O–H groups in total. The molecule has 0 saturated heterocycles. The van der Waals surface area contributed by atoms with Crippen LogP contribution in [0.4, 0.5) is 0 Å². The average Bonchev–Trinajstić information content (AvgIpc) is 3.21. The summed E-state index contributed by atoms with van der Waals surface area (Å²) >= 11 is 0. The van der Waals surface area contributed by atoms with Crippen molar-refractivity contribution in [3.05, 3.63) is 132 Å². The predicted octanol–water partition coefficient (Wildman–Crippen LogP) is 9.84. The Morgan fingerprint density at radius 2 is 1.34 bits per heavy atom. The Kier molecular flexibility index (Phi) is 14.5. The summed E-state index contributed by atoms with van der Waals surface area (Å²) in [5, 5.41) is 12.8. The number of unbranched alkanes of at least 4 members (excludes halogenated alkanes) is 4. The quantitative estimate of drug-likeness (QED) is 0.0630. The van der Waals surface area contributed by atoms with Gasteiger partial charge < -0.3 is 19.9 Å². The maximum atomic E-state index is 13.9. The van der Waals surface area contributed by atoms with Gasteiger partial charge in [-0.2, -0.15) is 0 Å². The highest BCUT2D eigenvalue weighted by Crippen LogP contribution is 2.27. The molecular weight excluding hydrogens is 703 g/mol. The van der Waals surface area contributed by atoms with E-state index in [1.165, 1.54) is 32.8 Å². The van der Waals surface area contributed by atoms with Crippen molar-refractivity contribution >= 4 is 17.7 Å². The summed E-state index contributed by atoms with van der Waals surface area (Å²) in [6.45, 7) is 9.24. The second kappa shape index (κ2) is 19.7. The molecule has 292 valence electrons. The van der Waals surface area contributed by atoms with Gasteiger partial charge in [0.1, 0.15) is 11.5 Å². The molecule has 5 aromatic rings. The van der Waals surface area contributed by atoms with Gasteiger partial charge in [0.2, 0.25) is 5.91 Å². The highest BCUT2D eigenvalue weighted by Gasteiger charge is 2.29. The summed E-state index contributed by atoms with van der Waals surface area (Å²) in [7, 11) is 1.52. The van der Waals surface area contributed by atoms with E-state index in [4.69, 9.17) is 9.47 Å². The smallest absolute Gasteiger partial charge is 0.330 e. The first kappa shape index (κ1) is 41.3. The summed E-state index contributed by atoms with van der Waals surface area (Å²) < 4.78 is 11.1. The van der Waals surface area contributed by atoms with Crippen LogP contribution in [0.1, 0.15) is 99.3 Å². The number of aliphatic carboxylic acids is 1. The normalized spacial score (nSPS) is 12.4. The fraction of sp³-hybridized carbons (Fsp3) is 0.340. The molecule has 56 heavy (non-hydrogen) atoms. The number of methoxy groups -OCH3 is 1. The summed E-state index contributed by atoms with van der Waals surface area (Å²) in [5.41, 5.74) is 5.37. The second-order valence-electron chi connectivity index (χ2n) is 15.2. The van der Waals surface area contributed by atoms with Gasteiger partial charge in [-0.1, -0.05) is 126 Å². The number of amides is 1. The van der Waals surface area contributed by atoms with Crippen LogP contribution in [0.5, 0.6) is 11.5 Å². The van der Waals surface area contributed by atoms with E-state index in [0.29, 0.717) is 29.3 Å². The Hall–Kier alpha value is -5.83. The van der Waals surface area contributed by atoms with Gasteiger partial charge in [0.05, 0.1) is 13.7 Å². The van der Waals surface area contributed by atoms with Gasteiger partial charge in [0, 0.05) is 41.4 Å². The highest BCUT2D eigenvalue weighted by atomic mass is 16.5. The highest BCUT2D eigenvalue weighted by molar-refractivity contribution is 5.99. The van der Waals surface area contributed by atoms with E-state index < -0.39 is 23.8 Å². The Morgan fingerprint density at radius 3 is 1.93 bits per heavy atom. The SMILES string of the molecule is CCCCCCCOc1ccc(-c2cnc(-c3ccc(C[C@H](CC(=O)c4ccc(C(C)(C)C)cc4)C(=O)NC(C(=O)O)c4ccc(OC)cc4)cc3)nc2)cc1. The molecule has 0 aliphatic rings. The van der Waals surface area contributed by atoms with Gasteiger partial charge in [-0.15, -0.1) is 0 Å². The van der Waals surface area contributed by atoms with Crippen LogP contribution in [0, 0.1) is 5.92 Å². The van der Waals surface area contributed by atoms with E-state index in [-0.39, 0.29) is 24.0 Å². The van der Waals surface area contributed by atoms with Crippen molar-refractivity contribution in [1.29, 1.82) is 0 Å². The number of hydrogen-bond acceptors (Lipinski definition) is 7. The number of carboxylic acid groups (broad SMARTS) is 1. The Labute approximate surface area is 330 Å². The first-order valence-electron chi connectivity index (χ1n) is 19.4. The molecule has 1 amide bonds. The molecule has 9 nitrogen and oxygen atoms in total. The van der Waals surface area contributed by atoms with Crippen molar-refractivity contribution < 1.29 is 29.0 Å². The van der Waals surface area contributed by atoms with E-state index in [2.05, 4.69) is 43.0 Å². The molecule has 9 heteroatoms. The maximum absolute atomic E-state index is 13.9. The van der Waals surface area contributed by atoms with Crippen LogP contribution in [0.3, 0.4) is 0 Å². The number of carbonyl (C=O) groups is 3. The molecule has 5 rings (SSSR count). The van der Waals surface area contributed by atoms with Crippen molar-refractivity contribution in [1.82, 2.24) is 15.3 Å². The fourth-order valence-electron chi connectivity index (χ4n) is 6.44. The molecule has 0 bridgehead atoms. The third kappa shape index (κ3) is 11.6. The molecule has 1 aromatic heterocycles. The van der Waals surface area contributed by atoms with E-state index in [1.807, 2.05) is 60.7 Å². The van der Waals surface area contributed by atoms with Crippen molar-refractivity contribution in [3.8, 4) is 34.0 Å². The Balaban J connectivity index is 1.28. The van der Waals surface area contributed by atoms with Crippen LogP contribution in [0.25, 0.3) is 22.5 Å². The van der Waals surface area contributed by atoms with E-state index in [0.717, 1.165) is 40.0 Å². The minimum atomic E-state index is -1.31. The van der Waals surface area contributed by atoms with Gasteiger partial charge in [0.25, 0.3) is 0 Å². The summed E-state index contributed by atoms with van der Waals surface area (Å²) in [6.07, 6.45) is 9.68. The summed E-state index contributed by atoms with van der Waals surface area (Å²) in [5.74, 6) is -0.820. The van der Waals surface area contributed by atoms with Crippen LogP contribution in [-0.2, 0) is 21.4 Å². The van der Waals surface area contributed by atoms with Crippen LogP contribution in [0.2, 0.25) is 0 Å². The molecule has 0 radical (unpaired) electrons. The number of ketones is 1. The van der Waals surface area contributed by atoms with Gasteiger partial charge in [-0.25, -0.2) is 14.8 Å². The Morgan fingerprint density at radius 1 is 0.732 bits per heavy atom. The van der Waals surface area contributed by atoms with E-state index >= 15 is 0 Å². The summed E-state index contributed by atoms with van der Waals surface area (Å²) in [6, 6.07) is 28.1. The molecule has 0 spiro atoms. The van der Waals surface area contributed by atoms with Crippen LogP contribution < -0.4 is 14.8 Å². The monoisotopic (exact) mass is 755 g/mol. The zero-order valence-corrected chi connectivity index (χ0v) is 33.1.